The maximum Gasteiger partial charge on any atom is 0.340 e. The van der Waals surface area contributed by atoms with Crippen molar-refractivity contribution in [1.29, 1.82) is 0 Å². The van der Waals surface area contributed by atoms with Gasteiger partial charge in [-0.25, -0.2) is 4.79 Å². The van der Waals surface area contributed by atoms with Crippen LogP contribution in [0.25, 0.3) is 0 Å². The fourth-order valence-electron chi connectivity index (χ4n) is 2.09. The number of rotatable bonds is 6. The summed E-state index contributed by atoms with van der Waals surface area (Å²) in [6, 6.07) is 3.73. The van der Waals surface area contributed by atoms with Crippen molar-refractivity contribution in [2.75, 3.05) is 24.8 Å². The van der Waals surface area contributed by atoms with E-state index < -0.39 is 5.97 Å². The molecule has 0 amide bonds. The maximum atomic E-state index is 11.7. The van der Waals surface area contributed by atoms with Crippen LogP contribution in [-0.4, -0.2) is 30.8 Å². The Labute approximate surface area is 120 Å². The number of aliphatic hydroxyl groups excluding tert-OH is 1. The zero-order valence-electron chi connectivity index (χ0n) is 12.6. The molecule has 0 aliphatic carbocycles. The van der Waals surface area contributed by atoms with E-state index in [1.54, 1.807) is 6.07 Å². The predicted octanol–water partition coefficient (Wildman–Crippen LogP) is 2.18. The third-order valence-electron chi connectivity index (χ3n) is 3.39. The Bertz CT molecular complexity index is 472. The SMILES string of the molecule is COC(=O)c1cc(NC(CCO)C(C)C)cc(C)c1N. The molecule has 0 radical (unpaired) electrons. The molecule has 5 nitrogen and oxygen atoms in total. The van der Waals surface area contributed by atoms with Crippen molar-refractivity contribution in [3.63, 3.8) is 0 Å². The van der Waals surface area contributed by atoms with Gasteiger partial charge in [-0.15, -0.1) is 0 Å². The number of carbonyl (C=O) groups is 1. The third-order valence-corrected chi connectivity index (χ3v) is 3.39. The Hall–Kier alpha value is -1.75. The number of anilines is 2. The lowest BCUT2D eigenvalue weighted by atomic mass is 10.00. The van der Waals surface area contributed by atoms with Gasteiger partial charge in [0.1, 0.15) is 0 Å². The van der Waals surface area contributed by atoms with Gasteiger partial charge in [0.25, 0.3) is 0 Å². The Morgan fingerprint density at radius 1 is 1.45 bits per heavy atom. The van der Waals surface area contributed by atoms with E-state index in [1.807, 2.05) is 13.0 Å². The van der Waals surface area contributed by atoms with E-state index in [9.17, 15) is 4.79 Å². The molecule has 1 atom stereocenters. The number of methoxy groups -OCH3 is 1. The molecule has 1 rings (SSSR count). The van der Waals surface area contributed by atoms with E-state index in [1.165, 1.54) is 7.11 Å². The Morgan fingerprint density at radius 2 is 2.10 bits per heavy atom. The summed E-state index contributed by atoms with van der Waals surface area (Å²) in [6.45, 7) is 6.13. The summed E-state index contributed by atoms with van der Waals surface area (Å²) in [7, 11) is 1.33. The summed E-state index contributed by atoms with van der Waals surface area (Å²) in [5.74, 6) is -0.0842. The second-order valence-electron chi connectivity index (χ2n) is 5.25. The lowest BCUT2D eigenvalue weighted by molar-refractivity contribution is 0.0602. The highest BCUT2D eigenvalue weighted by Gasteiger charge is 2.17. The van der Waals surface area contributed by atoms with Crippen molar-refractivity contribution < 1.29 is 14.6 Å². The van der Waals surface area contributed by atoms with Gasteiger partial charge in [-0.2, -0.15) is 0 Å². The van der Waals surface area contributed by atoms with Gasteiger partial charge in [0, 0.05) is 24.0 Å². The Morgan fingerprint density at radius 3 is 2.60 bits per heavy atom. The van der Waals surface area contributed by atoms with E-state index >= 15 is 0 Å². The summed E-state index contributed by atoms with van der Waals surface area (Å²) < 4.78 is 4.74. The van der Waals surface area contributed by atoms with Crippen LogP contribution in [0.3, 0.4) is 0 Å². The molecular formula is C15H24N2O3. The van der Waals surface area contributed by atoms with E-state index in [-0.39, 0.29) is 12.6 Å². The molecule has 0 fully saturated rings. The predicted molar refractivity (Wildman–Crippen MR) is 80.9 cm³/mol. The smallest absolute Gasteiger partial charge is 0.340 e. The number of esters is 1. The maximum absolute atomic E-state index is 11.7. The molecule has 0 heterocycles. The lowest BCUT2D eigenvalue weighted by Crippen LogP contribution is -2.27. The molecule has 0 spiro atoms. The largest absolute Gasteiger partial charge is 0.465 e. The van der Waals surface area contributed by atoms with Gasteiger partial charge in [-0.1, -0.05) is 13.8 Å². The number of nitrogens with one attached hydrogen (secondary N) is 1. The van der Waals surface area contributed by atoms with Crippen molar-refractivity contribution in [2.45, 2.75) is 33.2 Å². The van der Waals surface area contributed by atoms with Crippen LogP contribution in [-0.2, 0) is 4.74 Å². The Kier molecular flexibility index (Phi) is 5.82. The number of nitrogens with two attached hydrogens (primary N) is 1. The van der Waals surface area contributed by atoms with Gasteiger partial charge in [0.05, 0.1) is 12.7 Å². The van der Waals surface area contributed by atoms with Crippen molar-refractivity contribution >= 4 is 17.3 Å². The van der Waals surface area contributed by atoms with Crippen molar-refractivity contribution in [2.24, 2.45) is 5.92 Å². The number of aryl methyl sites for hydroxylation is 1. The van der Waals surface area contributed by atoms with Crippen LogP contribution >= 0.6 is 0 Å². The van der Waals surface area contributed by atoms with Crippen molar-refractivity contribution in [3.8, 4) is 0 Å². The minimum atomic E-state index is -0.447. The molecule has 0 aliphatic heterocycles. The fourth-order valence-corrected chi connectivity index (χ4v) is 2.09. The summed E-state index contributed by atoms with van der Waals surface area (Å²) in [6.07, 6.45) is 0.647. The number of nitrogen functional groups attached to an aromatic ring is 1. The summed E-state index contributed by atoms with van der Waals surface area (Å²) in [5, 5.41) is 12.5. The molecule has 4 N–H and O–H groups in total. The van der Waals surface area contributed by atoms with Crippen LogP contribution < -0.4 is 11.1 Å². The Balaban J connectivity index is 3.07. The highest BCUT2D eigenvalue weighted by atomic mass is 16.5. The highest BCUT2D eigenvalue weighted by Crippen LogP contribution is 2.25. The molecule has 20 heavy (non-hydrogen) atoms. The van der Waals surface area contributed by atoms with Crippen LogP contribution in [0.5, 0.6) is 0 Å². The molecule has 0 saturated heterocycles. The summed E-state index contributed by atoms with van der Waals surface area (Å²) in [5.41, 5.74) is 8.34. The summed E-state index contributed by atoms with van der Waals surface area (Å²) in [4.78, 5) is 11.7. The number of hydrogen-bond donors (Lipinski definition) is 3. The normalized spacial score (nSPS) is 12.3. The molecular weight excluding hydrogens is 256 g/mol. The number of carbonyl (C=O) groups excluding carboxylic acids is 1. The van der Waals surface area contributed by atoms with Gasteiger partial charge in [0.15, 0.2) is 0 Å². The first-order valence-electron chi connectivity index (χ1n) is 6.76. The molecule has 0 bridgehead atoms. The van der Waals surface area contributed by atoms with Crippen LogP contribution in [0, 0.1) is 12.8 Å². The van der Waals surface area contributed by atoms with Gasteiger partial charge in [-0.3, -0.25) is 0 Å². The van der Waals surface area contributed by atoms with E-state index in [4.69, 9.17) is 15.6 Å². The van der Waals surface area contributed by atoms with Gasteiger partial charge >= 0.3 is 5.97 Å². The van der Waals surface area contributed by atoms with Crippen LogP contribution in [0.15, 0.2) is 12.1 Å². The van der Waals surface area contributed by atoms with E-state index in [0.717, 1.165) is 11.3 Å². The topological polar surface area (TPSA) is 84.6 Å². The van der Waals surface area contributed by atoms with Crippen molar-refractivity contribution in [3.05, 3.63) is 23.3 Å². The van der Waals surface area contributed by atoms with Gasteiger partial charge in [-0.05, 0) is 37.0 Å². The number of benzene rings is 1. The van der Waals surface area contributed by atoms with Gasteiger partial charge in [0.2, 0.25) is 0 Å². The van der Waals surface area contributed by atoms with Crippen LogP contribution in [0.1, 0.15) is 36.2 Å². The van der Waals surface area contributed by atoms with Crippen molar-refractivity contribution in [1.82, 2.24) is 0 Å². The fraction of sp³-hybridized carbons (Fsp3) is 0.533. The first-order valence-corrected chi connectivity index (χ1v) is 6.76. The molecule has 1 aromatic carbocycles. The zero-order chi connectivity index (χ0) is 15.3. The first kappa shape index (κ1) is 16.3. The standard InChI is InChI=1S/C15H24N2O3/c1-9(2)13(5-6-18)17-11-7-10(3)14(16)12(8-11)15(19)20-4/h7-9,13,17-18H,5-6,16H2,1-4H3. The van der Waals surface area contributed by atoms with E-state index in [0.29, 0.717) is 23.6 Å². The van der Waals surface area contributed by atoms with Crippen LogP contribution in [0.2, 0.25) is 0 Å². The number of ether oxygens (including phenoxy) is 1. The second-order valence-corrected chi connectivity index (χ2v) is 5.25. The second kappa shape index (κ2) is 7.14. The molecule has 0 aromatic heterocycles. The minimum Gasteiger partial charge on any atom is -0.465 e. The zero-order valence-corrected chi connectivity index (χ0v) is 12.6. The molecule has 0 saturated carbocycles. The average molecular weight is 280 g/mol. The monoisotopic (exact) mass is 280 g/mol. The average Bonchev–Trinajstić information content (AvgIpc) is 2.41. The first-order chi connectivity index (χ1) is 9.40. The quantitative estimate of drug-likeness (QED) is 0.549. The number of aliphatic hydroxyl groups is 1. The molecule has 0 aliphatic rings. The lowest BCUT2D eigenvalue weighted by Gasteiger charge is -2.23. The molecule has 112 valence electrons. The molecule has 1 aromatic rings. The molecule has 5 heteroatoms. The van der Waals surface area contributed by atoms with E-state index in [2.05, 4.69) is 19.2 Å². The van der Waals surface area contributed by atoms with Gasteiger partial charge < -0.3 is 20.9 Å². The molecule has 1 unspecified atom stereocenters. The third kappa shape index (κ3) is 3.87. The minimum absolute atomic E-state index is 0.119. The van der Waals surface area contributed by atoms with Crippen LogP contribution in [0.4, 0.5) is 11.4 Å². The highest BCUT2D eigenvalue weighted by molar-refractivity contribution is 5.97. The number of hydrogen-bond acceptors (Lipinski definition) is 5. The summed E-state index contributed by atoms with van der Waals surface area (Å²) >= 11 is 0.